The van der Waals surface area contributed by atoms with Crippen LogP contribution in [0, 0.1) is 11.6 Å². The van der Waals surface area contributed by atoms with E-state index in [1.807, 2.05) is 13.8 Å². The van der Waals surface area contributed by atoms with Gasteiger partial charge in [-0.05, 0) is 24.6 Å². The van der Waals surface area contributed by atoms with Gasteiger partial charge < -0.3 is 9.71 Å². The van der Waals surface area contributed by atoms with Crippen LogP contribution in [0.15, 0.2) is 36.7 Å². The molecule has 1 unspecified atom stereocenters. The smallest absolute Gasteiger partial charge is 0.201 e. The van der Waals surface area contributed by atoms with Gasteiger partial charge in [-0.1, -0.05) is 25.6 Å². The molecule has 0 radical (unpaired) electrons. The molecule has 30 heavy (non-hydrogen) atoms. The van der Waals surface area contributed by atoms with Crippen molar-refractivity contribution < 1.29 is 39.0 Å². The van der Waals surface area contributed by atoms with Crippen LogP contribution in [0.25, 0.3) is 15.8 Å². The van der Waals surface area contributed by atoms with E-state index in [4.69, 9.17) is 0 Å². The van der Waals surface area contributed by atoms with Gasteiger partial charge in [-0.15, -0.1) is 0 Å². The van der Waals surface area contributed by atoms with Crippen LogP contribution in [0.5, 0.6) is 0 Å². The number of H-pyrrole nitrogens is 1. The van der Waals surface area contributed by atoms with Gasteiger partial charge in [0.05, 0.1) is 5.56 Å². The fourth-order valence-electron chi connectivity index (χ4n) is 2.96. The Morgan fingerprint density at radius 3 is 2.77 bits per heavy atom. The summed E-state index contributed by atoms with van der Waals surface area (Å²) < 4.78 is 48.0. The van der Waals surface area contributed by atoms with Gasteiger partial charge in [0, 0.05) is 57.5 Å². The number of hydrogen-bond donors (Lipinski definition) is 1. The second-order valence-corrected chi connectivity index (χ2v) is 7.00. The van der Waals surface area contributed by atoms with Gasteiger partial charge in [0.2, 0.25) is 5.78 Å². The molecule has 4 rings (SSSR count). The number of carbonyl (C=O) groups is 1. The minimum atomic E-state index is -1.04. The van der Waals surface area contributed by atoms with Crippen molar-refractivity contribution in [2.75, 3.05) is 13.1 Å². The van der Waals surface area contributed by atoms with E-state index in [1.54, 1.807) is 22.6 Å². The van der Waals surface area contributed by atoms with Crippen LogP contribution in [0.4, 0.5) is 18.9 Å². The standard InChI is InChI=1S/C18H14F3N4OS.C2H6.W/c19-10-5-7-25(9-10)27-24-14-4-3-13(20)15(16(14)21)17(26)12-8-23-18-11(12)2-1-6-22-18;1-2;/h1-4,6,8,10H,5,7,9H2,(H,22,23,26);1-2H3;/q-1;;. The summed E-state index contributed by atoms with van der Waals surface area (Å²) in [5, 5.41) is 0.476. The third kappa shape index (κ3) is 5.07. The summed E-state index contributed by atoms with van der Waals surface area (Å²) in [4.78, 5) is 19.7. The third-order valence-corrected chi connectivity index (χ3v) is 5.18. The molecular weight excluding hydrogens is 585 g/mol. The number of halogens is 3. The van der Waals surface area contributed by atoms with Gasteiger partial charge in [-0.25, -0.2) is 18.2 Å². The van der Waals surface area contributed by atoms with Gasteiger partial charge in [-0.2, -0.15) is 12.1 Å². The summed E-state index contributed by atoms with van der Waals surface area (Å²) in [6.45, 7) is 4.69. The summed E-state index contributed by atoms with van der Waals surface area (Å²) in [7, 11) is 0. The van der Waals surface area contributed by atoms with Crippen LogP contribution in [0.2, 0.25) is 0 Å². The number of nitrogens with one attached hydrogen (secondary N) is 1. The number of aromatic amines is 1. The van der Waals surface area contributed by atoms with E-state index in [0.717, 1.165) is 24.3 Å². The first-order valence-electron chi connectivity index (χ1n) is 9.26. The monoisotopic (exact) mass is 605 g/mol. The molecule has 1 aliphatic heterocycles. The first-order valence-corrected chi connectivity index (χ1v) is 9.99. The first-order chi connectivity index (χ1) is 14.0. The largest absolute Gasteiger partial charge is 0.615 e. The van der Waals surface area contributed by atoms with E-state index in [1.165, 1.54) is 6.20 Å². The van der Waals surface area contributed by atoms with Crippen molar-refractivity contribution in [3.05, 3.63) is 64.1 Å². The number of carbonyl (C=O) groups excluding carboxylic acids is 1. The van der Waals surface area contributed by atoms with Crippen molar-refractivity contribution in [2.45, 2.75) is 26.4 Å². The van der Waals surface area contributed by atoms with E-state index in [2.05, 4.69) is 14.7 Å². The van der Waals surface area contributed by atoms with Crippen LogP contribution < -0.4 is 0 Å². The topological polar surface area (TPSA) is 63.1 Å². The third-order valence-electron chi connectivity index (χ3n) is 4.34. The second kappa shape index (κ2) is 11.0. The maximum Gasteiger partial charge on any atom is 0.201 e. The quantitative estimate of drug-likeness (QED) is 0.299. The molecule has 1 aromatic carbocycles. The van der Waals surface area contributed by atoms with E-state index >= 15 is 0 Å². The zero-order valence-corrected chi connectivity index (χ0v) is 20.1. The Labute approximate surface area is 191 Å². The molecule has 0 saturated carbocycles. The Hall–Kier alpha value is -1.83. The Morgan fingerprint density at radius 1 is 1.30 bits per heavy atom. The SMILES string of the molecule is CC.O=C(c1c(F)ccc([N-]SN2CCC(F)C2)c1F)c1c[nH]c2ncccc12.[W]. The molecule has 0 bridgehead atoms. The summed E-state index contributed by atoms with van der Waals surface area (Å²) in [6, 6.07) is 5.45. The molecule has 5 nitrogen and oxygen atoms in total. The van der Waals surface area contributed by atoms with Crippen molar-refractivity contribution >= 4 is 34.6 Å². The van der Waals surface area contributed by atoms with Gasteiger partial charge in [0.15, 0.2) is 0 Å². The average molecular weight is 605 g/mol. The maximum atomic E-state index is 14.8. The molecule has 0 amide bonds. The summed E-state index contributed by atoms with van der Waals surface area (Å²) >= 11 is 0.910. The number of alkyl halides is 1. The normalized spacial score (nSPS) is 16.0. The fourth-order valence-corrected chi connectivity index (χ4v) is 3.72. The first kappa shape index (κ1) is 24.4. The average Bonchev–Trinajstić information content (AvgIpc) is 3.35. The molecular formula is C20H20F3N4OSW-. The van der Waals surface area contributed by atoms with Crippen LogP contribution in [-0.2, 0) is 21.1 Å². The predicted octanol–water partition coefficient (Wildman–Crippen LogP) is 5.71. The number of rotatable bonds is 5. The second-order valence-electron chi connectivity index (χ2n) is 6.13. The summed E-state index contributed by atoms with van der Waals surface area (Å²) in [6.07, 6.45) is 2.39. The van der Waals surface area contributed by atoms with Gasteiger partial charge in [0.25, 0.3) is 0 Å². The Bertz CT molecular complexity index is 1020. The number of fused-ring (bicyclic) bond motifs is 1. The predicted molar refractivity (Wildman–Crippen MR) is 109 cm³/mol. The van der Waals surface area contributed by atoms with Crippen molar-refractivity contribution in [3.63, 3.8) is 0 Å². The molecule has 3 heterocycles. The molecule has 1 atom stereocenters. The van der Waals surface area contributed by atoms with E-state index in [0.29, 0.717) is 24.0 Å². The molecule has 1 aliphatic rings. The van der Waals surface area contributed by atoms with Crippen LogP contribution in [0.3, 0.4) is 0 Å². The van der Waals surface area contributed by atoms with E-state index in [9.17, 15) is 18.0 Å². The van der Waals surface area contributed by atoms with E-state index < -0.39 is 29.2 Å². The Kier molecular flexibility index (Phi) is 8.94. The number of hydrogen-bond acceptors (Lipinski definition) is 4. The molecule has 2 aromatic heterocycles. The van der Waals surface area contributed by atoms with Gasteiger partial charge in [-0.3, -0.25) is 9.10 Å². The number of nitrogens with zero attached hydrogens (tertiary/aromatic N) is 3. The molecule has 0 spiro atoms. The van der Waals surface area contributed by atoms with E-state index in [-0.39, 0.29) is 38.9 Å². The summed E-state index contributed by atoms with van der Waals surface area (Å²) in [5.41, 5.74) is -0.259. The van der Waals surface area contributed by atoms with Crippen LogP contribution in [-0.4, -0.2) is 39.3 Å². The molecule has 1 N–H and O–H groups in total. The van der Waals surface area contributed by atoms with Crippen molar-refractivity contribution in [1.29, 1.82) is 0 Å². The minimum absolute atomic E-state index is 0. The molecule has 3 aromatic rings. The zero-order chi connectivity index (χ0) is 21.0. The zero-order valence-electron chi connectivity index (χ0n) is 16.4. The minimum Gasteiger partial charge on any atom is -0.615 e. The van der Waals surface area contributed by atoms with Gasteiger partial charge >= 0.3 is 0 Å². The number of pyridine rings is 1. The molecule has 160 valence electrons. The molecule has 0 aliphatic carbocycles. The molecule has 1 saturated heterocycles. The van der Waals surface area contributed by atoms with Crippen molar-refractivity contribution in [1.82, 2.24) is 14.3 Å². The van der Waals surface area contributed by atoms with Gasteiger partial charge in [0.1, 0.15) is 23.5 Å². The maximum absolute atomic E-state index is 14.8. The Morgan fingerprint density at radius 2 is 2.07 bits per heavy atom. The fraction of sp³-hybridized carbons (Fsp3) is 0.300. The molecule has 1 fully saturated rings. The number of ketones is 1. The summed E-state index contributed by atoms with van der Waals surface area (Å²) in [5.74, 6) is -2.80. The number of benzene rings is 1. The van der Waals surface area contributed by atoms with Crippen LogP contribution in [0.1, 0.15) is 36.2 Å². The van der Waals surface area contributed by atoms with Crippen molar-refractivity contribution in [3.8, 4) is 0 Å². The van der Waals surface area contributed by atoms with Crippen LogP contribution >= 0.6 is 12.1 Å². The van der Waals surface area contributed by atoms with Crippen molar-refractivity contribution in [2.24, 2.45) is 0 Å². The Balaban J connectivity index is 0.00000104. The molecule has 10 heteroatoms. The number of aromatic nitrogens is 2.